The van der Waals surface area contributed by atoms with Crippen LogP contribution in [0.2, 0.25) is 0 Å². The molecule has 2 saturated heterocycles. The van der Waals surface area contributed by atoms with E-state index < -0.39 is 5.38 Å². The van der Waals surface area contributed by atoms with Crippen LogP contribution in [0.4, 0.5) is 0 Å². The number of halogens is 1. The van der Waals surface area contributed by atoms with E-state index in [1.165, 1.54) is 0 Å². The number of imide groups is 1. The molecule has 0 aromatic carbocycles. The van der Waals surface area contributed by atoms with Gasteiger partial charge in [-0.1, -0.05) is 0 Å². The highest BCUT2D eigenvalue weighted by molar-refractivity contribution is 6.30. The minimum atomic E-state index is -0.577. The Morgan fingerprint density at radius 3 is 2.00 bits per heavy atom. The first kappa shape index (κ1) is 15.8. The molecule has 0 aromatic rings. The molecule has 7 nitrogen and oxygen atoms in total. The molecule has 0 bridgehead atoms. The Bertz CT molecular complexity index is 456. The van der Waals surface area contributed by atoms with Crippen molar-refractivity contribution in [3.05, 3.63) is 0 Å². The number of hydrogen-bond donors (Lipinski definition) is 0. The summed E-state index contributed by atoms with van der Waals surface area (Å²) in [5.74, 6) is -0.991. The Morgan fingerprint density at radius 1 is 1.05 bits per heavy atom. The molecule has 1 atom stereocenters. The first-order valence-corrected chi connectivity index (χ1v) is 7.37. The summed E-state index contributed by atoms with van der Waals surface area (Å²) in [6.45, 7) is 3.05. The third-order valence-corrected chi connectivity index (χ3v) is 3.92. The second-order valence-corrected chi connectivity index (χ2v) is 5.85. The number of alkyl halides is 1. The lowest BCUT2D eigenvalue weighted by molar-refractivity contribution is -0.147. The third kappa shape index (κ3) is 3.53. The molecule has 2 aliphatic rings. The van der Waals surface area contributed by atoms with Crippen molar-refractivity contribution in [2.75, 3.05) is 32.7 Å². The first-order chi connectivity index (χ1) is 9.90. The zero-order valence-corrected chi connectivity index (χ0v) is 12.6. The second kappa shape index (κ2) is 6.43. The number of carbonyl (C=O) groups excluding carboxylic acids is 4. The van der Waals surface area contributed by atoms with Crippen LogP contribution in [0.5, 0.6) is 0 Å². The molecule has 116 valence electrons. The van der Waals surface area contributed by atoms with Gasteiger partial charge in [0.15, 0.2) is 0 Å². The van der Waals surface area contributed by atoms with E-state index in [0.29, 0.717) is 26.2 Å². The van der Waals surface area contributed by atoms with Crippen molar-refractivity contribution >= 4 is 35.2 Å². The van der Waals surface area contributed by atoms with Crippen LogP contribution in [-0.2, 0) is 19.2 Å². The summed E-state index contributed by atoms with van der Waals surface area (Å²) in [6, 6.07) is 0. The highest BCUT2D eigenvalue weighted by atomic mass is 35.5. The molecule has 0 N–H and O–H groups in total. The Kier molecular flexibility index (Phi) is 4.82. The smallest absolute Gasteiger partial charge is 0.242 e. The lowest BCUT2D eigenvalue weighted by atomic mass is 10.2. The van der Waals surface area contributed by atoms with Gasteiger partial charge in [0.25, 0.3) is 0 Å². The number of amides is 4. The van der Waals surface area contributed by atoms with E-state index >= 15 is 0 Å². The fourth-order valence-corrected chi connectivity index (χ4v) is 2.60. The summed E-state index contributed by atoms with van der Waals surface area (Å²) >= 11 is 5.75. The highest BCUT2D eigenvalue weighted by Crippen LogP contribution is 2.13. The van der Waals surface area contributed by atoms with Crippen LogP contribution in [0.1, 0.15) is 19.8 Å². The summed E-state index contributed by atoms with van der Waals surface area (Å²) in [7, 11) is 0. The minimum Gasteiger partial charge on any atom is -0.338 e. The van der Waals surface area contributed by atoms with Gasteiger partial charge in [0.05, 0.1) is 0 Å². The molecule has 2 fully saturated rings. The van der Waals surface area contributed by atoms with Gasteiger partial charge in [-0.2, -0.15) is 0 Å². The number of nitrogens with zero attached hydrogens (tertiary/aromatic N) is 3. The van der Waals surface area contributed by atoms with Gasteiger partial charge in [-0.15, -0.1) is 11.6 Å². The van der Waals surface area contributed by atoms with E-state index in [1.807, 2.05) is 0 Å². The largest absolute Gasteiger partial charge is 0.338 e. The Morgan fingerprint density at radius 2 is 1.52 bits per heavy atom. The summed E-state index contributed by atoms with van der Waals surface area (Å²) in [5.41, 5.74) is 0. The molecule has 8 heteroatoms. The maximum Gasteiger partial charge on any atom is 0.242 e. The number of likely N-dealkylation sites (tertiary alicyclic amines) is 1. The lowest BCUT2D eigenvalue weighted by Crippen LogP contribution is -2.54. The van der Waals surface area contributed by atoms with Crippen molar-refractivity contribution < 1.29 is 19.2 Å². The predicted octanol–water partition coefficient (Wildman–Crippen LogP) is -0.566. The Balaban J connectivity index is 1.85. The zero-order valence-electron chi connectivity index (χ0n) is 11.9. The summed E-state index contributed by atoms with van der Waals surface area (Å²) in [5, 5.41) is -0.577. The average molecular weight is 316 g/mol. The molecule has 2 rings (SSSR count). The van der Waals surface area contributed by atoms with Crippen molar-refractivity contribution in [1.82, 2.24) is 14.7 Å². The van der Waals surface area contributed by atoms with Gasteiger partial charge < -0.3 is 9.80 Å². The third-order valence-electron chi connectivity index (χ3n) is 3.73. The molecule has 4 amide bonds. The van der Waals surface area contributed by atoms with Crippen LogP contribution in [-0.4, -0.2) is 76.4 Å². The molecule has 2 heterocycles. The maximum atomic E-state index is 12.1. The topological polar surface area (TPSA) is 78.0 Å². The highest BCUT2D eigenvalue weighted by Gasteiger charge is 2.33. The summed E-state index contributed by atoms with van der Waals surface area (Å²) < 4.78 is 0. The van der Waals surface area contributed by atoms with E-state index in [2.05, 4.69) is 0 Å². The molecule has 1 unspecified atom stereocenters. The van der Waals surface area contributed by atoms with E-state index in [-0.39, 0.29) is 43.0 Å². The normalized spacial score (nSPS) is 21.0. The van der Waals surface area contributed by atoms with Gasteiger partial charge in [0.2, 0.25) is 23.6 Å². The van der Waals surface area contributed by atoms with Crippen molar-refractivity contribution in [3.8, 4) is 0 Å². The number of carbonyl (C=O) groups is 4. The van der Waals surface area contributed by atoms with Crippen molar-refractivity contribution in [1.29, 1.82) is 0 Å². The van der Waals surface area contributed by atoms with Crippen LogP contribution in [0.25, 0.3) is 0 Å². The molecular formula is C13H18ClN3O4. The molecule has 0 aliphatic carbocycles. The summed E-state index contributed by atoms with van der Waals surface area (Å²) in [6.07, 6.45) is 0.365. The monoisotopic (exact) mass is 315 g/mol. The van der Waals surface area contributed by atoms with E-state index in [1.54, 1.807) is 16.7 Å². The molecule has 21 heavy (non-hydrogen) atoms. The van der Waals surface area contributed by atoms with Gasteiger partial charge in [-0.05, 0) is 6.92 Å². The minimum absolute atomic E-state index is 0.145. The fraction of sp³-hybridized carbons (Fsp3) is 0.692. The van der Waals surface area contributed by atoms with Gasteiger partial charge in [0.1, 0.15) is 11.9 Å². The fourth-order valence-electron chi connectivity index (χ4n) is 2.46. The maximum absolute atomic E-state index is 12.1. The van der Waals surface area contributed by atoms with E-state index in [0.717, 1.165) is 4.90 Å². The molecule has 0 saturated carbocycles. The summed E-state index contributed by atoms with van der Waals surface area (Å²) in [4.78, 5) is 51.0. The van der Waals surface area contributed by atoms with Crippen LogP contribution in [0, 0.1) is 0 Å². The number of hydrogen-bond acceptors (Lipinski definition) is 4. The van der Waals surface area contributed by atoms with E-state index in [4.69, 9.17) is 11.6 Å². The van der Waals surface area contributed by atoms with Crippen molar-refractivity contribution in [3.63, 3.8) is 0 Å². The first-order valence-electron chi connectivity index (χ1n) is 6.94. The van der Waals surface area contributed by atoms with Gasteiger partial charge in [-0.3, -0.25) is 24.1 Å². The zero-order chi connectivity index (χ0) is 15.6. The van der Waals surface area contributed by atoms with Gasteiger partial charge >= 0.3 is 0 Å². The molecule has 0 aromatic heterocycles. The standard InChI is InChI=1S/C13H18ClN3O4/c1-9(14)13(21)16-6-4-15(5-7-16)12(20)8-17-10(18)2-3-11(17)19/h9H,2-8H2,1H3. The predicted molar refractivity (Wildman–Crippen MR) is 74.4 cm³/mol. The van der Waals surface area contributed by atoms with Crippen molar-refractivity contribution in [2.24, 2.45) is 0 Å². The lowest BCUT2D eigenvalue weighted by Gasteiger charge is -2.35. The number of rotatable bonds is 3. The quantitative estimate of drug-likeness (QED) is 0.516. The van der Waals surface area contributed by atoms with Gasteiger partial charge in [-0.25, -0.2) is 0 Å². The van der Waals surface area contributed by atoms with Crippen LogP contribution >= 0.6 is 11.6 Å². The second-order valence-electron chi connectivity index (χ2n) is 5.20. The van der Waals surface area contributed by atoms with Crippen molar-refractivity contribution in [2.45, 2.75) is 25.1 Å². The van der Waals surface area contributed by atoms with E-state index in [9.17, 15) is 19.2 Å². The van der Waals surface area contributed by atoms with Crippen LogP contribution in [0.15, 0.2) is 0 Å². The molecule has 2 aliphatic heterocycles. The van der Waals surface area contributed by atoms with Crippen LogP contribution < -0.4 is 0 Å². The SMILES string of the molecule is CC(Cl)C(=O)N1CCN(C(=O)CN2C(=O)CCC2=O)CC1. The Labute approximate surface area is 127 Å². The number of piperazine rings is 1. The molecule has 0 radical (unpaired) electrons. The van der Waals surface area contributed by atoms with Gasteiger partial charge in [0, 0.05) is 39.0 Å². The Hall–Kier alpha value is -1.63. The molecule has 0 spiro atoms. The molecular weight excluding hydrogens is 298 g/mol. The van der Waals surface area contributed by atoms with Crippen LogP contribution in [0.3, 0.4) is 0 Å². The average Bonchev–Trinajstić information content (AvgIpc) is 2.78.